The fourth-order valence-electron chi connectivity index (χ4n) is 1.55. The average molecular weight is 277 g/mol. The number of aldehydes is 1. The van der Waals surface area contributed by atoms with Crippen LogP contribution in [0.1, 0.15) is 22.4 Å². The average Bonchev–Trinajstić information content (AvgIpc) is 2.89. The molecule has 2 aromatic rings. The van der Waals surface area contributed by atoms with Crippen molar-refractivity contribution < 1.29 is 14.3 Å². The number of nitrogens with zero attached hydrogens (tertiary/aromatic N) is 1. The molecule has 0 aliphatic rings. The third-order valence-corrected chi connectivity index (χ3v) is 3.34. The Balaban J connectivity index is 1.80. The zero-order valence-electron chi connectivity index (χ0n) is 10.7. The molecule has 0 atom stereocenters. The van der Waals surface area contributed by atoms with Gasteiger partial charge in [0.05, 0.1) is 18.2 Å². The van der Waals surface area contributed by atoms with Gasteiger partial charge in [0.15, 0.2) is 6.29 Å². The van der Waals surface area contributed by atoms with Crippen LogP contribution in [-0.2, 0) is 6.42 Å². The van der Waals surface area contributed by atoms with Crippen LogP contribution in [-0.4, -0.2) is 24.5 Å². The number of rotatable bonds is 7. The van der Waals surface area contributed by atoms with E-state index in [1.807, 2.05) is 31.2 Å². The summed E-state index contributed by atoms with van der Waals surface area (Å²) < 4.78 is 11.0. The Hall–Kier alpha value is -1.88. The first-order valence-corrected chi connectivity index (χ1v) is 6.95. The van der Waals surface area contributed by atoms with Crippen LogP contribution in [0.15, 0.2) is 29.6 Å². The lowest BCUT2D eigenvalue weighted by molar-refractivity contribution is 0.111. The van der Waals surface area contributed by atoms with Gasteiger partial charge in [-0.1, -0.05) is 0 Å². The molecule has 0 saturated heterocycles. The van der Waals surface area contributed by atoms with Crippen molar-refractivity contribution in [3.05, 3.63) is 40.3 Å². The first-order valence-electron chi connectivity index (χ1n) is 6.07. The third-order valence-electron chi connectivity index (χ3n) is 2.41. The van der Waals surface area contributed by atoms with Gasteiger partial charge in [-0.3, -0.25) is 4.79 Å². The van der Waals surface area contributed by atoms with Crippen molar-refractivity contribution in [3.63, 3.8) is 0 Å². The number of benzene rings is 1. The fraction of sp³-hybridized carbons (Fsp3) is 0.286. The van der Waals surface area contributed by atoms with Crippen LogP contribution < -0.4 is 9.47 Å². The summed E-state index contributed by atoms with van der Waals surface area (Å²) in [5.74, 6) is 1.64. The first kappa shape index (κ1) is 13.5. The molecule has 5 heteroatoms. The van der Waals surface area contributed by atoms with Crippen molar-refractivity contribution in [2.75, 3.05) is 13.2 Å². The van der Waals surface area contributed by atoms with Crippen molar-refractivity contribution in [2.45, 2.75) is 13.3 Å². The Morgan fingerprint density at radius 1 is 1.21 bits per heavy atom. The predicted molar refractivity (Wildman–Crippen MR) is 74.3 cm³/mol. The van der Waals surface area contributed by atoms with E-state index in [4.69, 9.17) is 9.47 Å². The molecule has 0 spiro atoms. The summed E-state index contributed by atoms with van der Waals surface area (Å²) in [5, 5.41) is 2.66. The smallest absolute Gasteiger partial charge is 0.169 e. The molecule has 0 fully saturated rings. The molecule has 2 rings (SSSR count). The van der Waals surface area contributed by atoms with E-state index >= 15 is 0 Å². The minimum atomic E-state index is 0.487. The molecule has 0 N–H and O–H groups in total. The Morgan fingerprint density at radius 2 is 1.89 bits per heavy atom. The van der Waals surface area contributed by atoms with Gasteiger partial charge in [0.1, 0.15) is 17.2 Å². The number of hydrogen-bond acceptors (Lipinski definition) is 5. The summed E-state index contributed by atoms with van der Waals surface area (Å²) in [7, 11) is 0. The van der Waals surface area contributed by atoms with E-state index in [-0.39, 0.29) is 0 Å². The van der Waals surface area contributed by atoms with Crippen LogP contribution in [0.5, 0.6) is 11.5 Å². The summed E-state index contributed by atoms with van der Waals surface area (Å²) in [5.41, 5.74) is 0.487. The number of hydrogen-bond donors (Lipinski definition) is 0. The number of ether oxygens (including phenoxy) is 2. The molecule has 100 valence electrons. The van der Waals surface area contributed by atoms with Gasteiger partial charge in [-0.2, -0.15) is 0 Å². The summed E-state index contributed by atoms with van der Waals surface area (Å²) in [6.07, 6.45) is 1.46. The highest BCUT2D eigenvalue weighted by atomic mass is 32.1. The summed E-state index contributed by atoms with van der Waals surface area (Å²) in [6, 6.07) is 7.52. The number of thiazole rings is 1. The van der Waals surface area contributed by atoms with Gasteiger partial charge in [0, 0.05) is 11.8 Å². The van der Waals surface area contributed by atoms with Gasteiger partial charge in [-0.15, -0.1) is 11.3 Å². The summed E-state index contributed by atoms with van der Waals surface area (Å²) in [6.45, 7) is 3.15. The molecule has 0 radical (unpaired) electrons. The van der Waals surface area contributed by atoms with Crippen LogP contribution in [0, 0.1) is 0 Å². The Kier molecular flexibility index (Phi) is 4.92. The number of aromatic nitrogens is 1. The molecular weight excluding hydrogens is 262 g/mol. The molecule has 0 amide bonds. The lowest BCUT2D eigenvalue weighted by Gasteiger charge is -2.06. The quantitative estimate of drug-likeness (QED) is 0.730. The molecule has 0 aliphatic heterocycles. The van der Waals surface area contributed by atoms with Crippen molar-refractivity contribution in [1.29, 1.82) is 0 Å². The molecule has 0 aliphatic carbocycles. The highest BCUT2D eigenvalue weighted by Crippen LogP contribution is 2.18. The second-order valence-corrected chi connectivity index (χ2v) is 4.73. The third kappa shape index (κ3) is 4.06. The number of carbonyl (C=O) groups is 1. The second kappa shape index (κ2) is 6.89. The van der Waals surface area contributed by atoms with E-state index in [1.54, 1.807) is 5.38 Å². The predicted octanol–water partition coefficient (Wildman–Crippen LogP) is 2.98. The normalized spacial score (nSPS) is 10.2. The molecule has 0 saturated carbocycles. The minimum Gasteiger partial charge on any atom is -0.494 e. The van der Waals surface area contributed by atoms with Gasteiger partial charge < -0.3 is 9.47 Å². The first-order chi connectivity index (χ1) is 9.31. The molecule has 1 aromatic carbocycles. The maximum atomic E-state index is 10.5. The van der Waals surface area contributed by atoms with Gasteiger partial charge in [-0.25, -0.2) is 4.98 Å². The summed E-state index contributed by atoms with van der Waals surface area (Å²) >= 11 is 1.48. The van der Waals surface area contributed by atoms with Crippen LogP contribution in [0.3, 0.4) is 0 Å². The standard InChI is InChI=1S/C14H15NO3S/c1-2-17-12-3-5-13(6-4-12)18-8-7-14-15-11(9-16)10-19-14/h3-6,9-10H,2,7-8H2,1H3. The van der Waals surface area contributed by atoms with Gasteiger partial charge in [0.2, 0.25) is 0 Å². The van der Waals surface area contributed by atoms with Gasteiger partial charge in [0.25, 0.3) is 0 Å². The largest absolute Gasteiger partial charge is 0.494 e. The maximum absolute atomic E-state index is 10.5. The highest BCUT2D eigenvalue weighted by Gasteiger charge is 2.02. The van der Waals surface area contributed by atoms with Gasteiger partial charge >= 0.3 is 0 Å². The lowest BCUT2D eigenvalue weighted by Crippen LogP contribution is -2.01. The van der Waals surface area contributed by atoms with Gasteiger partial charge in [-0.05, 0) is 31.2 Å². The van der Waals surface area contributed by atoms with Crippen LogP contribution in [0.2, 0.25) is 0 Å². The maximum Gasteiger partial charge on any atom is 0.169 e. The van der Waals surface area contributed by atoms with E-state index in [2.05, 4.69) is 4.98 Å². The SMILES string of the molecule is CCOc1ccc(OCCc2nc(C=O)cs2)cc1. The van der Waals surface area contributed by atoms with Crippen LogP contribution in [0.25, 0.3) is 0 Å². The van der Waals surface area contributed by atoms with Crippen molar-refractivity contribution in [2.24, 2.45) is 0 Å². The van der Waals surface area contributed by atoms with E-state index in [0.717, 1.165) is 22.8 Å². The molecular formula is C14H15NO3S. The highest BCUT2D eigenvalue weighted by molar-refractivity contribution is 7.09. The summed E-state index contributed by atoms with van der Waals surface area (Å²) in [4.78, 5) is 14.7. The second-order valence-electron chi connectivity index (χ2n) is 3.79. The Bertz CT molecular complexity index is 522. The van der Waals surface area contributed by atoms with Crippen molar-refractivity contribution >= 4 is 17.6 Å². The zero-order valence-corrected chi connectivity index (χ0v) is 11.5. The molecule has 1 aromatic heterocycles. The topological polar surface area (TPSA) is 48.4 Å². The minimum absolute atomic E-state index is 0.487. The Morgan fingerprint density at radius 3 is 2.47 bits per heavy atom. The molecule has 4 nitrogen and oxygen atoms in total. The molecule has 0 unspecified atom stereocenters. The van der Waals surface area contributed by atoms with E-state index < -0.39 is 0 Å². The van der Waals surface area contributed by atoms with E-state index in [1.165, 1.54) is 11.3 Å². The van der Waals surface area contributed by atoms with Crippen LogP contribution >= 0.6 is 11.3 Å². The van der Waals surface area contributed by atoms with Crippen LogP contribution in [0.4, 0.5) is 0 Å². The molecule has 19 heavy (non-hydrogen) atoms. The zero-order chi connectivity index (χ0) is 13.5. The van der Waals surface area contributed by atoms with E-state index in [0.29, 0.717) is 25.3 Å². The van der Waals surface area contributed by atoms with E-state index in [9.17, 15) is 4.79 Å². The Labute approximate surface area is 116 Å². The molecule has 0 bridgehead atoms. The molecule has 1 heterocycles. The fourth-order valence-corrected chi connectivity index (χ4v) is 2.27. The van der Waals surface area contributed by atoms with Crippen molar-refractivity contribution in [1.82, 2.24) is 4.98 Å². The monoisotopic (exact) mass is 277 g/mol. The van der Waals surface area contributed by atoms with Crippen molar-refractivity contribution in [3.8, 4) is 11.5 Å². The number of carbonyl (C=O) groups excluding carboxylic acids is 1. The lowest BCUT2D eigenvalue weighted by atomic mass is 10.3.